The summed E-state index contributed by atoms with van der Waals surface area (Å²) in [6.45, 7) is 4.18. The molecule has 0 aliphatic rings. The molecular formula is C32H38N2O4P2Ru. The number of carboxylic acids is 2. The maximum absolute atomic E-state index is 9.00. The number of rotatable bonds is 9. The van der Waals surface area contributed by atoms with E-state index in [9.17, 15) is 0 Å². The van der Waals surface area contributed by atoms with Crippen LogP contribution in [0.1, 0.15) is 13.8 Å². The first-order chi connectivity index (χ1) is 19.2. The fraction of sp³-hybridized carbons (Fsp3) is 0.188. The molecule has 0 spiro atoms. The molecule has 0 radical (unpaired) electrons. The number of likely N-dealkylation sites (N-methyl/N-ethyl adjacent to an activating group) is 2. The van der Waals surface area contributed by atoms with Crippen LogP contribution >= 0.6 is 16.1 Å². The average Bonchev–Trinajstić information content (AvgIpc) is 2.94. The average molecular weight is 678 g/mol. The summed E-state index contributed by atoms with van der Waals surface area (Å²) in [6.07, 6.45) is 0. The fourth-order valence-electron chi connectivity index (χ4n) is 3.85. The topological polar surface area (TPSA) is 81.1 Å². The van der Waals surface area contributed by atoms with Crippen LogP contribution in [0.3, 0.4) is 0 Å². The molecule has 0 saturated carbocycles. The summed E-state index contributed by atoms with van der Waals surface area (Å²) in [5, 5.41) is 20.4. The first-order valence-electron chi connectivity index (χ1n) is 12.8. The molecule has 2 N–H and O–H groups in total. The number of hydrogen-bond donors (Lipinski definition) is 2. The van der Waals surface area contributed by atoms with Crippen LogP contribution in [0.15, 0.2) is 121 Å². The molecule has 4 aromatic carbocycles. The van der Waals surface area contributed by atoms with Gasteiger partial charge < -0.3 is 10.2 Å². The molecule has 0 amide bonds. The number of aliphatic carboxylic acids is 2. The first-order valence-corrected chi connectivity index (χ1v) is 15.4. The third-order valence-corrected chi connectivity index (χ3v) is 10.3. The van der Waals surface area contributed by atoms with Crippen LogP contribution in [0.25, 0.3) is 0 Å². The van der Waals surface area contributed by atoms with Crippen LogP contribution < -0.4 is 21.2 Å². The van der Waals surface area contributed by atoms with Gasteiger partial charge in [0.1, 0.15) is 0 Å². The van der Waals surface area contributed by atoms with Crippen molar-refractivity contribution >= 4 is 49.3 Å². The van der Waals surface area contributed by atoms with Crippen molar-refractivity contribution in [2.24, 2.45) is 0 Å². The molecule has 0 aliphatic heterocycles. The second-order valence-electron chi connectivity index (χ2n) is 8.77. The summed E-state index contributed by atoms with van der Waals surface area (Å²) in [7, 11) is 3.43. The standard InChI is InChI=1S/C28H30N2P2.2C2H4O2.Ru/c1-29(31(25-15-7-3-8-16-25)26-17-9-4-10-18-26)23-24-30(2)32(27-19-11-5-12-20-27)28-21-13-6-14-22-28;2*1-2(3)4;/h3-22H,23-24H2,1-2H3;2*1H3,(H,3,4);. The summed E-state index contributed by atoms with van der Waals surface area (Å²) in [6, 6.07) is 43.7. The van der Waals surface area contributed by atoms with Gasteiger partial charge in [-0.05, 0) is 35.3 Å². The summed E-state index contributed by atoms with van der Waals surface area (Å²) in [5.74, 6) is -1.67. The Morgan fingerprint density at radius 2 is 0.683 bits per heavy atom. The van der Waals surface area contributed by atoms with E-state index in [1.165, 1.54) is 21.2 Å². The summed E-state index contributed by atoms with van der Waals surface area (Å²) in [5.41, 5.74) is 0. The number of hydrogen-bond acceptors (Lipinski definition) is 4. The van der Waals surface area contributed by atoms with Crippen molar-refractivity contribution in [3.05, 3.63) is 121 Å². The van der Waals surface area contributed by atoms with E-state index in [1.54, 1.807) is 0 Å². The molecule has 0 aliphatic carbocycles. The third-order valence-electron chi connectivity index (χ3n) is 5.43. The fourth-order valence-corrected chi connectivity index (χ4v) is 8.42. The normalized spacial score (nSPS) is 10.2. The maximum atomic E-state index is 9.00. The van der Waals surface area contributed by atoms with Gasteiger partial charge >= 0.3 is 0 Å². The SMILES string of the molecule is CC(=O)O.CC(=O)O.CN(CCN(C)P(c1ccccc1)c1ccccc1)P(c1ccccc1)c1ccccc1.[Ru]. The van der Waals surface area contributed by atoms with Gasteiger partial charge in [0.05, 0.1) is 0 Å². The molecule has 0 heterocycles. The molecule has 9 heteroatoms. The minimum Gasteiger partial charge on any atom is -0.481 e. The molecule has 4 rings (SSSR count). The Balaban J connectivity index is 0.000000830. The zero-order chi connectivity index (χ0) is 29.3. The van der Waals surface area contributed by atoms with E-state index in [0.29, 0.717) is 0 Å². The molecule has 6 nitrogen and oxygen atoms in total. The minimum atomic E-state index is -0.833. The van der Waals surface area contributed by atoms with E-state index in [2.05, 4.69) is 145 Å². The van der Waals surface area contributed by atoms with Gasteiger partial charge in [-0.25, -0.2) is 0 Å². The molecule has 0 unspecified atom stereocenters. The molecule has 0 aromatic heterocycles. The van der Waals surface area contributed by atoms with Crippen molar-refractivity contribution in [2.75, 3.05) is 27.2 Å². The van der Waals surface area contributed by atoms with E-state index in [0.717, 1.165) is 26.9 Å². The Labute approximate surface area is 259 Å². The van der Waals surface area contributed by atoms with Crippen LogP contribution in [0.5, 0.6) is 0 Å². The van der Waals surface area contributed by atoms with Crippen molar-refractivity contribution in [1.29, 1.82) is 0 Å². The van der Waals surface area contributed by atoms with Gasteiger partial charge in [0, 0.05) is 62.6 Å². The number of carboxylic acid groups (broad SMARTS) is 2. The quantitative estimate of drug-likeness (QED) is 0.189. The van der Waals surface area contributed by atoms with Crippen molar-refractivity contribution in [2.45, 2.75) is 13.8 Å². The second-order valence-corrected chi connectivity index (χ2v) is 13.4. The zero-order valence-electron chi connectivity index (χ0n) is 23.8. The van der Waals surface area contributed by atoms with Gasteiger partial charge in [-0.15, -0.1) is 0 Å². The monoisotopic (exact) mass is 678 g/mol. The van der Waals surface area contributed by atoms with Gasteiger partial charge in [0.15, 0.2) is 0 Å². The van der Waals surface area contributed by atoms with Crippen LogP contribution in [-0.2, 0) is 29.1 Å². The van der Waals surface area contributed by atoms with Crippen LogP contribution in [0, 0.1) is 0 Å². The number of carbonyl (C=O) groups is 2. The van der Waals surface area contributed by atoms with Gasteiger partial charge in [0.25, 0.3) is 11.9 Å². The molecule has 4 aromatic rings. The molecule has 218 valence electrons. The predicted octanol–water partition coefficient (Wildman–Crippen LogP) is 5.13. The summed E-state index contributed by atoms with van der Waals surface area (Å²) >= 11 is 0. The minimum absolute atomic E-state index is 0. The second kappa shape index (κ2) is 20.2. The smallest absolute Gasteiger partial charge is 0.300 e. The van der Waals surface area contributed by atoms with E-state index in [-0.39, 0.29) is 19.5 Å². The molecular weight excluding hydrogens is 639 g/mol. The molecule has 0 saturated heterocycles. The summed E-state index contributed by atoms with van der Waals surface area (Å²) in [4.78, 5) is 18.0. The Bertz CT molecular complexity index is 1080. The van der Waals surface area contributed by atoms with Crippen LogP contribution in [0.4, 0.5) is 0 Å². The van der Waals surface area contributed by atoms with E-state index >= 15 is 0 Å². The van der Waals surface area contributed by atoms with Crippen molar-refractivity contribution in [3.63, 3.8) is 0 Å². The van der Waals surface area contributed by atoms with Gasteiger partial charge in [-0.2, -0.15) is 0 Å². The Kier molecular flexibility index (Phi) is 17.8. The van der Waals surface area contributed by atoms with Gasteiger partial charge in [0.2, 0.25) is 0 Å². The molecule has 41 heavy (non-hydrogen) atoms. The largest absolute Gasteiger partial charge is 0.481 e. The predicted molar refractivity (Wildman–Crippen MR) is 170 cm³/mol. The van der Waals surface area contributed by atoms with E-state index < -0.39 is 28.1 Å². The number of benzene rings is 4. The Hall–Kier alpha value is -2.78. The molecule has 0 atom stereocenters. The first kappa shape index (κ1) is 36.2. The van der Waals surface area contributed by atoms with Crippen LogP contribution in [-0.4, -0.2) is 58.7 Å². The van der Waals surface area contributed by atoms with E-state index in [4.69, 9.17) is 19.8 Å². The van der Waals surface area contributed by atoms with E-state index in [1.807, 2.05) is 0 Å². The summed E-state index contributed by atoms with van der Waals surface area (Å²) < 4.78 is 5.08. The molecule has 0 fully saturated rings. The van der Waals surface area contributed by atoms with Crippen molar-refractivity contribution in [1.82, 2.24) is 9.34 Å². The Morgan fingerprint density at radius 3 is 0.854 bits per heavy atom. The van der Waals surface area contributed by atoms with Gasteiger partial charge in [-0.1, -0.05) is 121 Å². The third kappa shape index (κ3) is 13.6. The zero-order valence-corrected chi connectivity index (χ0v) is 27.3. The van der Waals surface area contributed by atoms with Crippen molar-refractivity contribution < 1.29 is 39.3 Å². The number of nitrogens with zero attached hydrogens (tertiary/aromatic N) is 2. The Morgan fingerprint density at radius 1 is 0.512 bits per heavy atom. The van der Waals surface area contributed by atoms with Crippen LogP contribution in [0.2, 0.25) is 0 Å². The molecule has 0 bridgehead atoms. The van der Waals surface area contributed by atoms with Gasteiger partial charge in [-0.3, -0.25) is 18.9 Å². The maximum Gasteiger partial charge on any atom is 0.300 e. The van der Waals surface area contributed by atoms with Crippen molar-refractivity contribution in [3.8, 4) is 0 Å².